The largest absolute Gasteiger partial charge is 0.378 e. The van der Waals surface area contributed by atoms with Crippen molar-refractivity contribution < 1.29 is 8.42 Å². The maximum Gasteiger partial charge on any atom is 0.152 e. The number of halogens is 1. The van der Waals surface area contributed by atoms with E-state index in [4.69, 9.17) is 0 Å². The van der Waals surface area contributed by atoms with Crippen LogP contribution in [0.4, 0.5) is 5.69 Å². The lowest BCUT2D eigenvalue weighted by molar-refractivity contribution is 0.574. The Balaban J connectivity index is 2.20. The van der Waals surface area contributed by atoms with E-state index in [9.17, 15) is 8.42 Å². The molecule has 1 aromatic heterocycles. The third kappa shape index (κ3) is 2.55. The Labute approximate surface area is 104 Å². The summed E-state index contributed by atoms with van der Waals surface area (Å²) in [4.78, 5) is 3.97. The Hall–Kier alpha value is -0.620. The van der Waals surface area contributed by atoms with E-state index in [0.29, 0.717) is 6.42 Å². The number of aromatic nitrogens is 1. The minimum absolute atomic E-state index is 0.189. The lowest BCUT2D eigenvalue weighted by Crippen LogP contribution is -2.35. The van der Waals surface area contributed by atoms with E-state index in [-0.39, 0.29) is 17.0 Å². The second-order valence-corrected chi connectivity index (χ2v) is 7.42. The molecule has 1 unspecified atom stereocenters. The zero-order valence-corrected chi connectivity index (χ0v) is 11.3. The first kappa shape index (κ1) is 11.9. The fourth-order valence-electron chi connectivity index (χ4n) is 1.91. The lowest BCUT2D eigenvalue weighted by atomic mass is 10.0. The average Bonchev–Trinajstić information content (AvgIpc) is 2.45. The smallest absolute Gasteiger partial charge is 0.152 e. The summed E-state index contributed by atoms with van der Waals surface area (Å²) < 4.78 is 23.8. The molecule has 0 radical (unpaired) electrons. The topological polar surface area (TPSA) is 59.1 Å². The molecular formula is C10H13BrN2O2S. The number of sulfone groups is 1. The molecule has 0 amide bonds. The van der Waals surface area contributed by atoms with Crippen molar-refractivity contribution in [3.8, 4) is 0 Å². The van der Waals surface area contributed by atoms with Gasteiger partial charge in [-0.1, -0.05) is 0 Å². The van der Waals surface area contributed by atoms with Crippen LogP contribution < -0.4 is 5.32 Å². The van der Waals surface area contributed by atoms with Crippen molar-refractivity contribution in [1.82, 2.24) is 4.98 Å². The van der Waals surface area contributed by atoms with Gasteiger partial charge in [-0.3, -0.25) is 4.98 Å². The molecule has 0 aromatic carbocycles. The van der Waals surface area contributed by atoms with Crippen LogP contribution in [-0.2, 0) is 9.84 Å². The Morgan fingerprint density at radius 2 is 2.31 bits per heavy atom. The first-order chi connectivity index (χ1) is 7.40. The molecule has 0 spiro atoms. The number of pyridine rings is 1. The van der Waals surface area contributed by atoms with E-state index in [2.05, 4.69) is 26.2 Å². The number of nitrogens with one attached hydrogen (secondary N) is 1. The minimum atomic E-state index is -2.88. The summed E-state index contributed by atoms with van der Waals surface area (Å²) in [7, 11) is -2.88. The van der Waals surface area contributed by atoms with Gasteiger partial charge in [0.05, 0.1) is 21.7 Å². The zero-order chi connectivity index (χ0) is 11.8. The van der Waals surface area contributed by atoms with Crippen molar-refractivity contribution >= 4 is 31.5 Å². The van der Waals surface area contributed by atoms with E-state index < -0.39 is 9.84 Å². The minimum Gasteiger partial charge on any atom is -0.378 e. The molecule has 88 valence electrons. The fraction of sp³-hybridized carbons (Fsp3) is 0.500. The van der Waals surface area contributed by atoms with Gasteiger partial charge in [0.25, 0.3) is 0 Å². The van der Waals surface area contributed by atoms with E-state index in [1.807, 2.05) is 13.0 Å². The maximum atomic E-state index is 11.5. The van der Waals surface area contributed by atoms with Crippen molar-refractivity contribution in [1.29, 1.82) is 0 Å². The standard InChI is InChI=1S/C10H13BrN2O2S/c1-10(3-5-16(14,15)7-10)13-9-2-4-12-6-8(9)11/h2,4,6H,3,5,7H2,1H3,(H,12,13). The SMILES string of the molecule is CC1(Nc2ccncc2Br)CCS(=O)(=O)C1. The first-order valence-electron chi connectivity index (χ1n) is 4.98. The van der Waals surface area contributed by atoms with Gasteiger partial charge in [-0.2, -0.15) is 0 Å². The number of anilines is 1. The fourth-order valence-corrected chi connectivity index (χ4v) is 4.35. The molecule has 1 atom stereocenters. The molecule has 0 aliphatic carbocycles. The highest BCUT2D eigenvalue weighted by Crippen LogP contribution is 2.30. The number of rotatable bonds is 2. The second kappa shape index (κ2) is 4.00. The molecule has 0 saturated carbocycles. The van der Waals surface area contributed by atoms with Crippen LogP contribution in [0.5, 0.6) is 0 Å². The van der Waals surface area contributed by atoms with Gasteiger partial charge in [-0.05, 0) is 35.3 Å². The Morgan fingerprint density at radius 1 is 1.56 bits per heavy atom. The Morgan fingerprint density at radius 3 is 2.88 bits per heavy atom. The summed E-state index contributed by atoms with van der Waals surface area (Å²) in [6, 6.07) is 1.83. The molecule has 1 aliphatic rings. The molecule has 1 fully saturated rings. The number of nitrogens with zero attached hydrogens (tertiary/aromatic N) is 1. The van der Waals surface area contributed by atoms with Crippen LogP contribution >= 0.6 is 15.9 Å². The van der Waals surface area contributed by atoms with Crippen LogP contribution in [0.2, 0.25) is 0 Å². The Kier molecular flexibility index (Phi) is 2.96. The van der Waals surface area contributed by atoms with Crippen LogP contribution in [0.15, 0.2) is 22.9 Å². The van der Waals surface area contributed by atoms with Gasteiger partial charge >= 0.3 is 0 Å². The van der Waals surface area contributed by atoms with E-state index in [1.165, 1.54) is 0 Å². The third-order valence-electron chi connectivity index (χ3n) is 2.71. The lowest BCUT2D eigenvalue weighted by Gasteiger charge is -2.25. The molecular weight excluding hydrogens is 292 g/mol. The highest BCUT2D eigenvalue weighted by atomic mass is 79.9. The summed E-state index contributed by atoms with van der Waals surface area (Å²) in [5.74, 6) is 0.452. The summed E-state index contributed by atoms with van der Waals surface area (Å²) in [5, 5.41) is 3.28. The van der Waals surface area contributed by atoms with Crippen molar-refractivity contribution in [3.63, 3.8) is 0 Å². The van der Waals surface area contributed by atoms with Crippen LogP contribution in [0, 0.1) is 0 Å². The highest BCUT2D eigenvalue weighted by molar-refractivity contribution is 9.10. The number of hydrogen-bond donors (Lipinski definition) is 1. The molecule has 16 heavy (non-hydrogen) atoms. The van der Waals surface area contributed by atoms with Crippen molar-refractivity contribution in [2.45, 2.75) is 18.9 Å². The molecule has 1 aromatic rings. The van der Waals surface area contributed by atoms with Crippen molar-refractivity contribution in [2.75, 3.05) is 16.8 Å². The quantitative estimate of drug-likeness (QED) is 0.905. The molecule has 2 rings (SSSR count). The zero-order valence-electron chi connectivity index (χ0n) is 8.90. The van der Waals surface area contributed by atoms with E-state index >= 15 is 0 Å². The summed E-state index contributed by atoms with van der Waals surface area (Å²) >= 11 is 3.38. The summed E-state index contributed by atoms with van der Waals surface area (Å²) in [6.07, 6.45) is 4.01. The maximum absolute atomic E-state index is 11.5. The first-order valence-corrected chi connectivity index (χ1v) is 7.60. The predicted molar refractivity (Wildman–Crippen MR) is 67.2 cm³/mol. The summed E-state index contributed by atoms with van der Waals surface area (Å²) in [5.41, 5.74) is 0.512. The molecule has 2 heterocycles. The highest BCUT2D eigenvalue weighted by Gasteiger charge is 2.38. The van der Waals surface area contributed by atoms with Crippen LogP contribution in [0.1, 0.15) is 13.3 Å². The van der Waals surface area contributed by atoms with Crippen LogP contribution in [-0.4, -0.2) is 30.4 Å². The van der Waals surface area contributed by atoms with Gasteiger partial charge in [0, 0.05) is 17.9 Å². The monoisotopic (exact) mass is 304 g/mol. The molecule has 1 saturated heterocycles. The van der Waals surface area contributed by atoms with Gasteiger partial charge in [0.1, 0.15) is 0 Å². The molecule has 0 bridgehead atoms. The van der Waals surface area contributed by atoms with E-state index in [0.717, 1.165) is 10.2 Å². The molecule has 4 nitrogen and oxygen atoms in total. The van der Waals surface area contributed by atoms with Crippen molar-refractivity contribution in [2.24, 2.45) is 0 Å². The van der Waals surface area contributed by atoms with E-state index in [1.54, 1.807) is 12.4 Å². The van der Waals surface area contributed by atoms with Crippen LogP contribution in [0.3, 0.4) is 0 Å². The van der Waals surface area contributed by atoms with Gasteiger partial charge in [-0.25, -0.2) is 8.42 Å². The Bertz CT molecular complexity index is 503. The van der Waals surface area contributed by atoms with Gasteiger partial charge in [0.2, 0.25) is 0 Å². The van der Waals surface area contributed by atoms with Gasteiger partial charge in [-0.15, -0.1) is 0 Å². The second-order valence-electron chi connectivity index (χ2n) is 4.38. The predicted octanol–water partition coefficient (Wildman–Crippen LogP) is 1.83. The van der Waals surface area contributed by atoms with Crippen molar-refractivity contribution in [3.05, 3.63) is 22.9 Å². The summed E-state index contributed by atoms with van der Waals surface area (Å²) in [6.45, 7) is 1.93. The average molecular weight is 305 g/mol. The third-order valence-corrected chi connectivity index (χ3v) is 5.25. The molecule has 1 N–H and O–H groups in total. The normalized spacial score (nSPS) is 27.9. The molecule has 1 aliphatic heterocycles. The molecule has 6 heteroatoms. The van der Waals surface area contributed by atoms with Crippen LogP contribution in [0.25, 0.3) is 0 Å². The number of hydrogen-bond acceptors (Lipinski definition) is 4. The van der Waals surface area contributed by atoms with Gasteiger partial charge < -0.3 is 5.32 Å². The van der Waals surface area contributed by atoms with Gasteiger partial charge in [0.15, 0.2) is 9.84 Å².